The Morgan fingerprint density at radius 2 is 2.22 bits per heavy atom. The van der Waals surface area contributed by atoms with Crippen molar-refractivity contribution in [3.63, 3.8) is 0 Å². The van der Waals surface area contributed by atoms with Gasteiger partial charge in [-0.2, -0.15) is 0 Å². The SMILES string of the molecule is CC(NC(=O)c1cncs1)c1nc(C(=O)O)cs1. The van der Waals surface area contributed by atoms with E-state index in [1.54, 1.807) is 12.4 Å². The first-order chi connectivity index (χ1) is 8.58. The van der Waals surface area contributed by atoms with E-state index in [0.29, 0.717) is 9.88 Å². The minimum absolute atomic E-state index is 0.00566. The Kier molecular flexibility index (Phi) is 3.68. The van der Waals surface area contributed by atoms with Crippen LogP contribution in [0.4, 0.5) is 0 Å². The van der Waals surface area contributed by atoms with Crippen LogP contribution >= 0.6 is 22.7 Å². The quantitative estimate of drug-likeness (QED) is 0.892. The molecular weight excluding hydrogens is 274 g/mol. The number of aromatic carboxylic acids is 1. The molecule has 94 valence electrons. The number of hydrogen-bond donors (Lipinski definition) is 2. The van der Waals surface area contributed by atoms with Crippen LogP contribution in [0, 0.1) is 0 Å². The van der Waals surface area contributed by atoms with E-state index in [9.17, 15) is 9.59 Å². The highest BCUT2D eigenvalue weighted by Crippen LogP contribution is 2.19. The molecule has 2 N–H and O–H groups in total. The monoisotopic (exact) mass is 283 g/mol. The summed E-state index contributed by atoms with van der Waals surface area (Å²) >= 11 is 2.45. The molecular formula is C10H9N3O3S2. The van der Waals surface area contributed by atoms with Gasteiger partial charge in [0.05, 0.1) is 17.7 Å². The van der Waals surface area contributed by atoms with Gasteiger partial charge in [0.25, 0.3) is 5.91 Å². The molecule has 1 atom stereocenters. The molecule has 2 aromatic heterocycles. The average Bonchev–Trinajstić information content (AvgIpc) is 3.00. The number of carbonyl (C=O) groups is 2. The van der Waals surface area contributed by atoms with Crippen LogP contribution in [0.15, 0.2) is 17.1 Å². The van der Waals surface area contributed by atoms with E-state index in [0.717, 1.165) is 0 Å². The van der Waals surface area contributed by atoms with Gasteiger partial charge in [-0.1, -0.05) is 0 Å². The van der Waals surface area contributed by atoms with Crippen LogP contribution in [0.25, 0.3) is 0 Å². The van der Waals surface area contributed by atoms with Crippen molar-refractivity contribution in [3.8, 4) is 0 Å². The Balaban J connectivity index is 2.05. The number of carboxylic acid groups (broad SMARTS) is 1. The number of rotatable bonds is 4. The summed E-state index contributed by atoms with van der Waals surface area (Å²) in [6.07, 6.45) is 1.48. The van der Waals surface area contributed by atoms with E-state index >= 15 is 0 Å². The standard InChI is InChI=1S/C10H9N3O3S2/c1-5(9-13-6(3-17-9)10(15)16)12-8(14)7-2-11-4-18-7/h2-5H,1H3,(H,12,14)(H,15,16). The summed E-state index contributed by atoms with van der Waals surface area (Å²) in [6, 6.07) is -0.335. The molecule has 0 radical (unpaired) electrons. The lowest BCUT2D eigenvalue weighted by Crippen LogP contribution is -2.25. The van der Waals surface area contributed by atoms with Gasteiger partial charge in [-0.05, 0) is 6.92 Å². The van der Waals surface area contributed by atoms with Crippen molar-refractivity contribution in [2.75, 3.05) is 0 Å². The summed E-state index contributed by atoms with van der Waals surface area (Å²) in [5.74, 6) is -1.31. The zero-order valence-corrected chi connectivity index (χ0v) is 10.9. The third-order valence-corrected chi connectivity index (χ3v) is 3.91. The van der Waals surface area contributed by atoms with Crippen molar-refractivity contribution in [3.05, 3.63) is 32.7 Å². The second kappa shape index (κ2) is 5.23. The minimum Gasteiger partial charge on any atom is -0.476 e. The fourth-order valence-corrected chi connectivity index (χ4v) is 2.57. The fourth-order valence-electron chi connectivity index (χ4n) is 1.24. The predicted octanol–water partition coefficient (Wildman–Crippen LogP) is 1.79. The fraction of sp³-hybridized carbons (Fsp3) is 0.200. The Bertz CT molecular complexity index is 565. The topological polar surface area (TPSA) is 92.2 Å². The first-order valence-electron chi connectivity index (χ1n) is 4.96. The number of carbonyl (C=O) groups excluding carboxylic acids is 1. The van der Waals surface area contributed by atoms with E-state index in [4.69, 9.17) is 5.11 Å². The molecule has 0 fully saturated rings. The zero-order chi connectivity index (χ0) is 13.1. The van der Waals surface area contributed by atoms with E-state index < -0.39 is 5.97 Å². The second-order valence-corrected chi connectivity index (χ2v) is 5.21. The maximum absolute atomic E-state index is 11.8. The molecule has 0 aliphatic heterocycles. The van der Waals surface area contributed by atoms with Crippen LogP contribution in [-0.2, 0) is 0 Å². The normalized spacial score (nSPS) is 12.1. The molecule has 18 heavy (non-hydrogen) atoms. The molecule has 2 aromatic rings. The lowest BCUT2D eigenvalue weighted by Gasteiger charge is -2.09. The lowest BCUT2D eigenvalue weighted by molar-refractivity contribution is 0.0691. The number of nitrogens with zero attached hydrogens (tertiary/aromatic N) is 2. The highest BCUT2D eigenvalue weighted by Gasteiger charge is 2.17. The van der Waals surface area contributed by atoms with Crippen LogP contribution in [0.1, 0.15) is 38.1 Å². The van der Waals surface area contributed by atoms with Crippen LogP contribution in [0.5, 0.6) is 0 Å². The number of aromatic nitrogens is 2. The van der Waals surface area contributed by atoms with E-state index in [2.05, 4.69) is 15.3 Å². The van der Waals surface area contributed by atoms with Crippen molar-refractivity contribution >= 4 is 34.6 Å². The molecule has 6 nitrogen and oxygen atoms in total. The number of carboxylic acids is 1. The molecule has 0 aliphatic rings. The number of hydrogen-bond acceptors (Lipinski definition) is 6. The van der Waals surface area contributed by atoms with Crippen LogP contribution in [0.2, 0.25) is 0 Å². The maximum Gasteiger partial charge on any atom is 0.355 e. The van der Waals surface area contributed by atoms with Gasteiger partial charge in [-0.25, -0.2) is 9.78 Å². The Hall–Kier alpha value is -1.80. The Labute approximate surface area is 110 Å². The van der Waals surface area contributed by atoms with E-state index in [1.165, 1.54) is 34.3 Å². The maximum atomic E-state index is 11.8. The summed E-state index contributed by atoms with van der Waals surface area (Å²) in [6.45, 7) is 1.75. The summed E-state index contributed by atoms with van der Waals surface area (Å²) in [4.78, 5) is 30.7. The van der Waals surface area contributed by atoms with Gasteiger partial charge in [0, 0.05) is 5.38 Å². The number of thiazole rings is 2. The lowest BCUT2D eigenvalue weighted by atomic mass is 10.3. The molecule has 2 rings (SSSR count). The summed E-state index contributed by atoms with van der Waals surface area (Å²) in [5, 5.41) is 13.5. The molecule has 0 saturated carbocycles. The predicted molar refractivity (Wildman–Crippen MR) is 67.1 cm³/mol. The molecule has 0 saturated heterocycles. The zero-order valence-electron chi connectivity index (χ0n) is 9.28. The molecule has 2 heterocycles. The number of nitrogens with one attached hydrogen (secondary N) is 1. The molecule has 0 aromatic carbocycles. The third kappa shape index (κ3) is 2.71. The minimum atomic E-state index is -1.07. The molecule has 0 aliphatic carbocycles. The van der Waals surface area contributed by atoms with Gasteiger partial charge >= 0.3 is 5.97 Å². The Morgan fingerprint density at radius 1 is 1.44 bits per heavy atom. The van der Waals surface area contributed by atoms with Crippen LogP contribution < -0.4 is 5.32 Å². The first kappa shape index (κ1) is 12.7. The van der Waals surface area contributed by atoms with Gasteiger partial charge in [-0.3, -0.25) is 9.78 Å². The average molecular weight is 283 g/mol. The van der Waals surface area contributed by atoms with Gasteiger partial charge < -0.3 is 10.4 Å². The molecule has 1 unspecified atom stereocenters. The highest BCUT2D eigenvalue weighted by molar-refractivity contribution is 7.11. The molecule has 1 amide bonds. The largest absolute Gasteiger partial charge is 0.476 e. The second-order valence-electron chi connectivity index (χ2n) is 3.44. The summed E-state index contributed by atoms with van der Waals surface area (Å²) in [5.41, 5.74) is 1.57. The summed E-state index contributed by atoms with van der Waals surface area (Å²) < 4.78 is 0. The Morgan fingerprint density at radius 3 is 2.78 bits per heavy atom. The highest BCUT2D eigenvalue weighted by atomic mass is 32.1. The van der Waals surface area contributed by atoms with Gasteiger partial charge in [0.2, 0.25) is 0 Å². The van der Waals surface area contributed by atoms with Gasteiger partial charge in [0.1, 0.15) is 9.88 Å². The van der Waals surface area contributed by atoms with Crippen molar-refractivity contribution in [2.24, 2.45) is 0 Å². The molecule has 0 spiro atoms. The van der Waals surface area contributed by atoms with Gasteiger partial charge in [-0.15, -0.1) is 22.7 Å². The number of amides is 1. The van der Waals surface area contributed by atoms with E-state index in [1.807, 2.05) is 0 Å². The van der Waals surface area contributed by atoms with Crippen molar-refractivity contribution in [2.45, 2.75) is 13.0 Å². The van der Waals surface area contributed by atoms with Crippen LogP contribution in [0.3, 0.4) is 0 Å². The van der Waals surface area contributed by atoms with Crippen molar-refractivity contribution in [1.82, 2.24) is 15.3 Å². The van der Waals surface area contributed by atoms with Gasteiger partial charge in [0.15, 0.2) is 5.69 Å². The third-order valence-electron chi connectivity index (χ3n) is 2.12. The van der Waals surface area contributed by atoms with Crippen molar-refractivity contribution in [1.29, 1.82) is 0 Å². The first-order valence-corrected chi connectivity index (χ1v) is 6.72. The molecule has 0 bridgehead atoms. The molecule has 8 heteroatoms. The van der Waals surface area contributed by atoms with E-state index in [-0.39, 0.29) is 17.6 Å². The van der Waals surface area contributed by atoms with Crippen LogP contribution in [-0.4, -0.2) is 27.0 Å². The summed E-state index contributed by atoms with van der Waals surface area (Å²) in [7, 11) is 0. The smallest absolute Gasteiger partial charge is 0.355 e. The van der Waals surface area contributed by atoms with Crippen molar-refractivity contribution < 1.29 is 14.7 Å².